The minimum absolute atomic E-state index is 0.619. The first-order chi connectivity index (χ1) is 6.25. The molecule has 2 N–H and O–H groups in total. The topological polar surface area (TPSA) is 38.9 Å². The highest BCUT2D eigenvalue weighted by Crippen LogP contribution is 2.27. The predicted octanol–water partition coefficient (Wildman–Crippen LogP) is 3.00. The molecule has 1 heterocycles. The Morgan fingerprint density at radius 3 is 2.46 bits per heavy atom. The predicted molar refractivity (Wildman–Crippen MR) is 64.7 cm³/mol. The van der Waals surface area contributed by atoms with Crippen molar-refractivity contribution in [3.8, 4) is 10.4 Å². The van der Waals surface area contributed by atoms with Crippen LogP contribution in [0.25, 0.3) is 10.4 Å². The van der Waals surface area contributed by atoms with Crippen molar-refractivity contribution in [1.29, 1.82) is 0 Å². The summed E-state index contributed by atoms with van der Waals surface area (Å²) in [5, 5.41) is 0.619. The highest BCUT2D eigenvalue weighted by atomic mass is 127. The van der Waals surface area contributed by atoms with E-state index in [0.717, 1.165) is 4.88 Å². The summed E-state index contributed by atoms with van der Waals surface area (Å²) in [6, 6.07) is 8.31. The second-order valence-corrected chi connectivity index (χ2v) is 4.88. The molecule has 0 spiro atoms. The molecule has 0 aliphatic heterocycles. The molecule has 66 valence electrons. The van der Waals surface area contributed by atoms with E-state index < -0.39 is 0 Å². The van der Waals surface area contributed by atoms with Crippen LogP contribution in [-0.2, 0) is 0 Å². The van der Waals surface area contributed by atoms with E-state index in [1.54, 1.807) is 0 Å². The van der Waals surface area contributed by atoms with Crippen molar-refractivity contribution in [2.75, 3.05) is 5.73 Å². The summed E-state index contributed by atoms with van der Waals surface area (Å²) in [5.74, 6) is 0. The molecule has 4 heteroatoms. The van der Waals surface area contributed by atoms with Gasteiger partial charge in [0.2, 0.25) is 0 Å². The number of rotatable bonds is 1. The Labute approximate surface area is 94.0 Å². The van der Waals surface area contributed by atoms with Gasteiger partial charge in [0, 0.05) is 9.77 Å². The average molecular weight is 302 g/mol. The smallest absolute Gasteiger partial charge is 0.180 e. The molecule has 2 rings (SSSR count). The fourth-order valence-electron chi connectivity index (χ4n) is 1.04. The third kappa shape index (κ3) is 2.00. The van der Waals surface area contributed by atoms with Crippen LogP contribution in [-0.4, -0.2) is 4.98 Å². The number of hydrogen-bond donors (Lipinski definition) is 1. The molecule has 1 aromatic heterocycles. The third-order valence-corrected chi connectivity index (χ3v) is 3.25. The Bertz CT molecular complexity index is 408. The molecule has 0 saturated carbocycles. The van der Waals surface area contributed by atoms with Gasteiger partial charge in [-0.3, -0.25) is 0 Å². The number of thiazole rings is 1. The van der Waals surface area contributed by atoms with Crippen LogP contribution in [0, 0.1) is 3.57 Å². The first-order valence-corrected chi connectivity index (χ1v) is 5.62. The summed E-state index contributed by atoms with van der Waals surface area (Å²) in [6.45, 7) is 0. The number of aromatic nitrogens is 1. The molecule has 0 amide bonds. The van der Waals surface area contributed by atoms with E-state index in [4.69, 9.17) is 5.73 Å². The summed E-state index contributed by atoms with van der Waals surface area (Å²) >= 11 is 3.80. The van der Waals surface area contributed by atoms with Crippen LogP contribution in [0.3, 0.4) is 0 Å². The molecule has 0 fully saturated rings. The van der Waals surface area contributed by atoms with Gasteiger partial charge in [-0.25, -0.2) is 4.98 Å². The highest BCUT2D eigenvalue weighted by Gasteiger charge is 2.00. The second kappa shape index (κ2) is 3.63. The number of benzene rings is 1. The zero-order valence-electron chi connectivity index (χ0n) is 6.70. The first-order valence-electron chi connectivity index (χ1n) is 3.73. The van der Waals surface area contributed by atoms with Crippen LogP contribution in [0.4, 0.5) is 5.13 Å². The maximum absolute atomic E-state index is 5.55. The van der Waals surface area contributed by atoms with Crippen molar-refractivity contribution in [1.82, 2.24) is 4.98 Å². The largest absolute Gasteiger partial charge is 0.375 e. The molecule has 0 atom stereocenters. The molecule has 0 unspecified atom stereocenters. The van der Waals surface area contributed by atoms with E-state index in [2.05, 4.69) is 51.8 Å². The average Bonchev–Trinajstić information content (AvgIpc) is 2.53. The number of anilines is 1. The van der Waals surface area contributed by atoms with Gasteiger partial charge in [0.05, 0.1) is 4.88 Å². The fourth-order valence-corrected chi connectivity index (χ4v) is 2.08. The number of halogens is 1. The Hall–Kier alpha value is -0.620. The van der Waals surface area contributed by atoms with Gasteiger partial charge >= 0.3 is 0 Å². The Kier molecular flexibility index (Phi) is 2.50. The lowest BCUT2D eigenvalue weighted by molar-refractivity contribution is 1.42. The number of nitrogen functional groups attached to an aromatic ring is 1. The lowest BCUT2D eigenvalue weighted by Crippen LogP contribution is -1.77. The van der Waals surface area contributed by atoms with Gasteiger partial charge in [-0.2, -0.15) is 0 Å². The van der Waals surface area contributed by atoms with Crippen molar-refractivity contribution in [3.63, 3.8) is 0 Å². The van der Waals surface area contributed by atoms with E-state index in [-0.39, 0.29) is 0 Å². The van der Waals surface area contributed by atoms with Crippen LogP contribution >= 0.6 is 33.9 Å². The monoisotopic (exact) mass is 302 g/mol. The molecule has 13 heavy (non-hydrogen) atoms. The molecule has 0 radical (unpaired) electrons. The maximum Gasteiger partial charge on any atom is 0.180 e. The van der Waals surface area contributed by atoms with Crippen LogP contribution in [0.15, 0.2) is 30.5 Å². The molecule has 0 aliphatic carbocycles. The Morgan fingerprint density at radius 1 is 1.23 bits per heavy atom. The number of nitrogens with two attached hydrogens (primary N) is 1. The molecule has 0 bridgehead atoms. The quantitative estimate of drug-likeness (QED) is 0.823. The van der Waals surface area contributed by atoms with Crippen LogP contribution in [0.2, 0.25) is 0 Å². The van der Waals surface area contributed by atoms with Gasteiger partial charge in [0.1, 0.15) is 0 Å². The lowest BCUT2D eigenvalue weighted by atomic mass is 10.2. The molecule has 2 nitrogen and oxygen atoms in total. The van der Waals surface area contributed by atoms with Gasteiger partial charge in [0.15, 0.2) is 5.13 Å². The molecule has 0 saturated heterocycles. The van der Waals surface area contributed by atoms with E-state index in [1.807, 2.05) is 6.20 Å². The van der Waals surface area contributed by atoms with Crippen LogP contribution < -0.4 is 5.73 Å². The van der Waals surface area contributed by atoms with Gasteiger partial charge in [-0.05, 0) is 40.3 Å². The maximum atomic E-state index is 5.55. The van der Waals surface area contributed by atoms with E-state index in [1.165, 1.54) is 20.5 Å². The van der Waals surface area contributed by atoms with Crippen molar-refractivity contribution in [2.24, 2.45) is 0 Å². The van der Waals surface area contributed by atoms with Gasteiger partial charge < -0.3 is 5.73 Å². The fraction of sp³-hybridized carbons (Fsp3) is 0. The first kappa shape index (κ1) is 8.96. The molecule has 0 aliphatic rings. The van der Waals surface area contributed by atoms with Gasteiger partial charge in [-0.15, -0.1) is 0 Å². The SMILES string of the molecule is Nc1ncc(-c2ccc(I)cc2)s1. The zero-order valence-corrected chi connectivity index (χ0v) is 9.67. The Balaban J connectivity index is 2.41. The lowest BCUT2D eigenvalue weighted by Gasteiger charge is -1.95. The van der Waals surface area contributed by atoms with E-state index in [0.29, 0.717) is 5.13 Å². The van der Waals surface area contributed by atoms with E-state index in [9.17, 15) is 0 Å². The summed E-state index contributed by atoms with van der Waals surface area (Å²) in [4.78, 5) is 5.13. The number of hydrogen-bond acceptors (Lipinski definition) is 3. The van der Waals surface area contributed by atoms with Gasteiger partial charge in [-0.1, -0.05) is 23.5 Å². The third-order valence-electron chi connectivity index (χ3n) is 1.65. The van der Waals surface area contributed by atoms with Crippen molar-refractivity contribution in [3.05, 3.63) is 34.0 Å². The summed E-state index contributed by atoms with van der Waals surface area (Å²) in [5.41, 5.74) is 6.73. The molecular formula is C9H7IN2S. The second-order valence-electron chi connectivity index (χ2n) is 2.57. The van der Waals surface area contributed by atoms with Crippen molar-refractivity contribution >= 4 is 39.1 Å². The number of nitrogens with zero attached hydrogens (tertiary/aromatic N) is 1. The summed E-state index contributed by atoms with van der Waals surface area (Å²) < 4.78 is 1.24. The Morgan fingerprint density at radius 2 is 1.92 bits per heavy atom. The molecule has 2 aromatic rings. The van der Waals surface area contributed by atoms with Gasteiger partial charge in [0.25, 0.3) is 0 Å². The minimum Gasteiger partial charge on any atom is -0.375 e. The van der Waals surface area contributed by atoms with Crippen LogP contribution in [0.1, 0.15) is 0 Å². The zero-order chi connectivity index (χ0) is 9.26. The molecular weight excluding hydrogens is 295 g/mol. The highest BCUT2D eigenvalue weighted by molar-refractivity contribution is 14.1. The van der Waals surface area contributed by atoms with E-state index >= 15 is 0 Å². The van der Waals surface area contributed by atoms with Crippen LogP contribution in [0.5, 0.6) is 0 Å². The standard InChI is InChI=1S/C9H7IN2S/c10-7-3-1-6(2-4-7)8-5-12-9(11)13-8/h1-5H,(H2,11,12). The summed E-state index contributed by atoms with van der Waals surface area (Å²) in [6.07, 6.45) is 1.81. The normalized spacial score (nSPS) is 10.2. The van der Waals surface area contributed by atoms with Crippen molar-refractivity contribution in [2.45, 2.75) is 0 Å². The summed E-state index contributed by atoms with van der Waals surface area (Å²) in [7, 11) is 0. The van der Waals surface area contributed by atoms with Crippen molar-refractivity contribution < 1.29 is 0 Å². The molecule has 1 aromatic carbocycles. The minimum atomic E-state index is 0.619.